The van der Waals surface area contributed by atoms with Gasteiger partial charge in [0, 0.05) is 11.7 Å². The number of nitrogens with two attached hydrogens (primary N) is 1. The predicted octanol–water partition coefficient (Wildman–Crippen LogP) is 3.95. The van der Waals surface area contributed by atoms with E-state index in [-0.39, 0.29) is 11.9 Å². The van der Waals surface area contributed by atoms with Crippen LogP contribution < -0.4 is 5.73 Å². The lowest BCUT2D eigenvalue weighted by molar-refractivity contribution is 0.620. The number of aromatic nitrogens is 2. The Morgan fingerprint density at radius 1 is 1.25 bits per heavy atom. The van der Waals surface area contributed by atoms with E-state index in [2.05, 4.69) is 20.9 Å². The van der Waals surface area contributed by atoms with Crippen LogP contribution in [0.1, 0.15) is 18.5 Å². The van der Waals surface area contributed by atoms with Crippen molar-refractivity contribution in [2.24, 2.45) is 5.73 Å². The van der Waals surface area contributed by atoms with Gasteiger partial charge in [-0.25, -0.2) is 9.37 Å². The Labute approximate surface area is 124 Å². The molecule has 0 amide bonds. The summed E-state index contributed by atoms with van der Waals surface area (Å²) in [4.78, 5) is 4.39. The Balaban J connectivity index is 2.14. The van der Waals surface area contributed by atoms with Crippen molar-refractivity contribution in [3.63, 3.8) is 0 Å². The minimum Gasteiger partial charge on any atom is -0.324 e. The molecule has 3 nitrogen and oxygen atoms in total. The Hall–Kier alpha value is -1.72. The molecule has 2 N–H and O–H groups in total. The Bertz CT molecular complexity index is 780. The molecule has 0 aliphatic carbocycles. The third-order valence-corrected chi connectivity index (χ3v) is 3.89. The molecule has 1 heterocycles. The Morgan fingerprint density at radius 2 is 2.05 bits per heavy atom. The van der Waals surface area contributed by atoms with E-state index >= 15 is 0 Å². The van der Waals surface area contributed by atoms with Crippen molar-refractivity contribution in [3.8, 4) is 5.69 Å². The molecule has 0 aliphatic heterocycles. The zero-order valence-corrected chi connectivity index (χ0v) is 12.4. The number of nitrogens with zero attached hydrogens (tertiary/aromatic N) is 2. The van der Waals surface area contributed by atoms with Crippen LogP contribution in [0.15, 0.2) is 47.2 Å². The maximum Gasteiger partial charge on any atom is 0.137 e. The lowest BCUT2D eigenvalue weighted by Crippen LogP contribution is -2.04. The third kappa shape index (κ3) is 2.23. The number of benzene rings is 2. The van der Waals surface area contributed by atoms with Crippen molar-refractivity contribution < 1.29 is 4.39 Å². The van der Waals surface area contributed by atoms with Gasteiger partial charge >= 0.3 is 0 Å². The van der Waals surface area contributed by atoms with Crippen LogP contribution in [0.4, 0.5) is 4.39 Å². The standard InChI is InChI=1S/C15H13BrFN3/c1-9(18)10-2-5-15-14(6-10)19-8-20(15)11-3-4-13(17)12(16)7-11/h2-9H,18H2,1H3. The first-order valence-corrected chi connectivity index (χ1v) is 7.03. The molecular formula is C15H13BrFN3. The van der Waals surface area contributed by atoms with Gasteiger partial charge in [-0.1, -0.05) is 6.07 Å². The first kappa shape index (κ1) is 13.3. The highest BCUT2D eigenvalue weighted by Gasteiger charge is 2.08. The smallest absolute Gasteiger partial charge is 0.137 e. The molecular weight excluding hydrogens is 321 g/mol. The van der Waals surface area contributed by atoms with Gasteiger partial charge in [-0.3, -0.25) is 4.57 Å². The van der Waals surface area contributed by atoms with Gasteiger partial charge in [-0.2, -0.15) is 0 Å². The number of halogens is 2. The van der Waals surface area contributed by atoms with Crippen LogP contribution in [-0.4, -0.2) is 9.55 Å². The monoisotopic (exact) mass is 333 g/mol. The van der Waals surface area contributed by atoms with Crippen LogP contribution in [0.25, 0.3) is 16.7 Å². The molecule has 0 spiro atoms. The van der Waals surface area contributed by atoms with Gasteiger partial charge in [-0.15, -0.1) is 0 Å². The highest BCUT2D eigenvalue weighted by molar-refractivity contribution is 9.10. The van der Waals surface area contributed by atoms with Gasteiger partial charge in [0.15, 0.2) is 0 Å². The van der Waals surface area contributed by atoms with Crippen LogP contribution in [0, 0.1) is 5.82 Å². The summed E-state index contributed by atoms with van der Waals surface area (Å²) in [5, 5.41) is 0. The molecule has 0 bridgehead atoms. The van der Waals surface area contributed by atoms with Crippen LogP contribution in [0.3, 0.4) is 0 Å². The number of rotatable bonds is 2. The molecule has 5 heteroatoms. The number of fused-ring (bicyclic) bond motifs is 1. The largest absolute Gasteiger partial charge is 0.324 e. The van der Waals surface area contributed by atoms with E-state index in [1.165, 1.54) is 6.07 Å². The van der Waals surface area contributed by atoms with Crippen molar-refractivity contribution in [2.75, 3.05) is 0 Å². The molecule has 20 heavy (non-hydrogen) atoms. The summed E-state index contributed by atoms with van der Waals surface area (Å²) < 4.78 is 15.7. The SMILES string of the molecule is CC(N)c1ccc2c(c1)ncn2-c1ccc(F)c(Br)c1. The molecule has 3 rings (SSSR count). The van der Waals surface area contributed by atoms with Gasteiger partial charge < -0.3 is 5.73 Å². The molecule has 3 aromatic rings. The summed E-state index contributed by atoms with van der Waals surface area (Å²) in [6, 6.07) is 10.8. The normalized spacial score (nSPS) is 12.8. The van der Waals surface area contributed by atoms with Gasteiger partial charge in [0.2, 0.25) is 0 Å². The average molecular weight is 334 g/mol. The summed E-state index contributed by atoms with van der Waals surface area (Å²) in [6.45, 7) is 1.94. The minimum atomic E-state index is -0.280. The molecule has 0 aliphatic rings. The predicted molar refractivity (Wildman–Crippen MR) is 81.3 cm³/mol. The number of hydrogen-bond acceptors (Lipinski definition) is 2. The maximum absolute atomic E-state index is 13.3. The zero-order chi connectivity index (χ0) is 14.3. The van der Waals surface area contributed by atoms with Gasteiger partial charge in [0.05, 0.1) is 15.5 Å². The lowest BCUT2D eigenvalue weighted by Gasteiger charge is -2.07. The molecule has 1 atom stereocenters. The molecule has 102 valence electrons. The van der Waals surface area contributed by atoms with Crippen molar-refractivity contribution >= 4 is 27.0 Å². The fourth-order valence-corrected chi connectivity index (χ4v) is 2.52. The highest BCUT2D eigenvalue weighted by atomic mass is 79.9. The first-order valence-electron chi connectivity index (χ1n) is 6.24. The molecule has 0 fully saturated rings. The van der Waals surface area contributed by atoms with Gasteiger partial charge in [0.25, 0.3) is 0 Å². The van der Waals surface area contributed by atoms with Crippen molar-refractivity contribution in [2.45, 2.75) is 13.0 Å². The third-order valence-electron chi connectivity index (χ3n) is 3.28. The summed E-state index contributed by atoms with van der Waals surface area (Å²) in [7, 11) is 0. The summed E-state index contributed by atoms with van der Waals surface area (Å²) in [6.07, 6.45) is 1.73. The molecule has 1 aromatic heterocycles. The second kappa shape index (κ2) is 5.00. The van der Waals surface area contributed by atoms with Crippen LogP contribution >= 0.6 is 15.9 Å². The Kier molecular flexibility index (Phi) is 3.31. The first-order chi connectivity index (χ1) is 9.56. The van der Waals surface area contributed by atoms with Crippen LogP contribution in [0.2, 0.25) is 0 Å². The van der Waals surface area contributed by atoms with E-state index in [1.807, 2.05) is 29.7 Å². The second-order valence-corrected chi connectivity index (χ2v) is 5.60. The fourth-order valence-electron chi connectivity index (χ4n) is 2.15. The number of hydrogen-bond donors (Lipinski definition) is 1. The van der Waals surface area contributed by atoms with E-state index < -0.39 is 0 Å². The summed E-state index contributed by atoms with van der Waals surface area (Å²) in [5.74, 6) is -0.280. The molecule has 2 aromatic carbocycles. The van der Waals surface area contributed by atoms with Crippen LogP contribution in [-0.2, 0) is 0 Å². The van der Waals surface area contributed by atoms with E-state index in [1.54, 1.807) is 18.5 Å². The summed E-state index contributed by atoms with van der Waals surface area (Å²) in [5.41, 5.74) is 9.62. The van der Waals surface area contributed by atoms with Crippen molar-refractivity contribution in [3.05, 3.63) is 58.6 Å². The van der Waals surface area contributed by atoms with Gasteiger partial charge in [0.1, 0.15) is 12.1 Å². The quantitative estimate of drug-likeness (QED) is 0.771. The van der Waals surface area contributed by atoms with E-state index in [0.717, 1.165) is 22.3 Å². The summed E-state index contributed by atoms with van der Waals surface area (Å²) >= 11 is 3.20. The van der Waals surface area contributed by atoms with Gasteiger partial charge in [-0.05, 0) is 58.7 Å². The number of imidazole rings is 1. The topological polar surface area (TPSA) is 43.8 Å². The second-order valence-electron chi connectivity index (χ2n) is 4.75. The lowest BCUT2D eigenvalue weighted by atomic mass is 10.1. The highest BCUT2D eigenvalue weighted by Crippen LogP contribution is 2.24. The van der Waals surface area contributed by atoms with Crippen molar-refractivity contribution in [1.29, 1.82) is 0 Å². The van der Waals surface area contributed by atoms with Crippen LogP contribution in [0.5, 0.6) is 0 Å². The average Bonchev–Trinajstić information content (AvgIpc) is 2.84. The molecule has 0 radical (unpaired) electrons. The Morgan fingerprint density at radius 3 is 2.75 bits per heavy atom. The fraction of sp³-hybridized carbons (Fsp3) is 0.133. The minimum absolute atomic E-state index is 0.0236. The molecule has 0 saturated heterocycles. The van der Waals surface area contributed by atoms with E-state index in [0.29, 0.717) is 4.47 Å². The zero-order valence-electron chi connectivity index (χ0n) is 10.8. The van der Waals surface area contributed by atoms with E-state index in [9.17, 15) is 4.39 Å². The maximum atomic E-state index is 13.3. The van der Waals surface area contributed by atoms with Crippen molar-refractivity contribution in [1.82, 2.24) is 9.55 Å². The molecule has 1 unspecified atom stereocenters. The molecule has 0 saturated carbocycles. The van der Waals surface area contributed by atoms with E-state index in [4.69, 9.17) is 5.73 Å².